The predicted octanol–water partition coefficient (Wildman–Crippen LogP) is 4.44. The quantitative estimate of drug-likeness (QED) is 0.664. The second-order valence-corrected chi connectivity index (χ2v) is 7.85. The zero-order valence-corrected chi connectivity index (χ0v) is 17.4. The Morgan fingerprint density at radius 3 is 2.47 bits per heavy atom. The molecule has 1 N–H and O–H groups in total. The van der Waals surface area contributed by atoms with Gasteiger partial charge in [-0.1, -0.05) is 67.1 Å². The highest BCUT2D eigenvalue weighted by Gasteiger charge is 2.29. The minimum Gasteiger partial charge on any atom is -0.348 e. The number of nitrogens with one attached hydrogen (secondary N) is 1. The van der Waals surface area contributed by atoms with Gasteiger partial charge in [-0.15, -0.1) is 0 Å². The molecule has 1 atom stereocenters. The van der Waals surface area contributed by atoms with Crippen LogP contribution in [0.25, 0.3) is 0 Å². The lowest BCUT2D eigenvalue weighted by Crippen LogP contribution is -2.35. The smallest absolute Gasteiger partial charge is 0.255 e. The Morgan fingerprint density at radius 2 is 1.73 bits per heavy atom. The van der Waals surface area contributed by atoms with Crippen LogP contribution in [0.3, 0.4) is 0 Å². The fourth-order valence-corrected chi connectivity index (χ4v) is 4.10. The molecule has 0 aliphatic carbocycles. The van der Waals surface area contributed by atoms with Crippen molar-refractivity contribution in [3.05, 3.63) is 95.1 Å². The van der Waals surface area contributed by atoms with Crippen LogP contribution in [-0.4, -0.2) is 27.3 Å². The third kappa shape index (κ3) is 4.92. The van der Waals surface area contributed by atoms with Crippen molar-refractivity contribution in [1.29, 1.82) is 0 Å². The van der Waals surface area contributed by atoms with Crippen molar-refractivity contribution in [2.75, 3.05) is 6.54 Å². The number of hydrogen-bond acceptors (Lipinski definition) is 4. The average molecular weight is 401 g/mol. The highest BCUT2D eigenvalue weighted by atomic mass is 16.1. The largest absolute Gasteiger partial charge is 0.348 e. The molecule has 30 heavy (non-hydrogen) atoms. The van der Waals surface area contributed by atoms with E-state index < -0.39 is 0 Å². The van der Waals surface area contributed by atoms with Crippen LogP contribution in [-0.2, 0) is 13.1 Å². The van der Waals surface area contributed by atoms with E-state index in [1.165, 1.54) is 12.0 Å². The zero-order chi connectivity index (χ0) is 20.8. The molecule has 1 saturated heterocycles. The summed E-state index contributed by atoms with van der Waals surface area (Å²) in [6, 6.07) is 20.6. The Kier molecular flexibility index (Phi) is 6.50. The lowest BCUT2D eigenvalue weighted by Gasteiger charge is -2.36. The van der Waals surface area contributed by atoms with E-state index in [4.69, 9.17) is 4.98 Å². The van der Waals surface area contributed by atoms with Crippen molar-refractivity contribution in [3.63, 3.8) is 0 Å². The molecule has 0 saturated carbocycles. The van der Waals surface area contributed by atoms with E-state index in [0.29, 0.717) is 17.9 Å². The molecule has 154 valence electrons. The van der Waals surface area contributed by atoms with E-state index in [-0.39, 0.29) is 11.9 Å². The summed E-state index contributed by atoms with van der Waals surface area (Å²) in [5.41, 5.74) is 3.79. The minimum atomic E-state index is -0.112. The molecule has 1 aliphatic rings. The van der Waals surface area contributed by atoms with Crippen LogP contribution in [0.1, 0.15) is 58.3 Å². The van der Waals surface area contributed by atoms with Crippen molar-refractivity contribution in [2.24, 2.45) is 0 Å². The van der Waals surface area contributed by atoms with Gasteiger partial charge >= 0.3 is 0 Å². The van der Waals surface area contributed by atoms with E-state index in [9.17, 15) is 4.79 Å². The van der Waals surface area contributed by atoms with Gasteiger partial charge in [0.25, 0.3) is 5.91 Å². The second kappa shape index (κ2) is 9.63. The highest BCUT2D eigenvalue weighted by molar-refractivity contribution is 5.95. The van der Waals surface area contributed by atoms with Crippen LogP contribution in [0.2, 0.25) is 0 Å². The summed E-state index contributed by atoms with van der Waals surface area (Å²) in [4.78, 5) is 24.6. The molecule has 1 aliphatic heterocycles. The van der Waals surface area contributed by atoms with Crippen molar-refractivity contribution >= 4 is 5.91 Å². The number of piperidine rings is 1. The molecule has 0 unspecified atom stereocenters. The van der Waals surface area contributed by atoms with Gasteiger partial charge < -0.3 is 5.32 Å². The van der Waals surface area contributed by atoms with Gasteiger partial charge in [-0.2, -0.15) is 0 Å². The Labute approximate surface area is 178 Å². The molecule has 2 aromatic carbocycles. The topological polar surface area (TPSA) is 58.1 Å². The second-order valence-electron chi connectivity index (χ2n) is 7.85. The third-order valence-corrected chi connectivity index (χ3v) is 5.64. The maximum atomic E-state index is 13.0. The van der Waals surface area contributed by atoms with Gasteiger partial charge in [0, 0.05) is 19.3 Å². The SMILES string of the molecule is Cc1ncc(C(=O)NCc2ccccc2)c([C@@H]2CCCCN2Cc2ccccc2)n1. The van der Waals surface area contributed by atoms with Crippen molar-refractivity contribution in [3.8, 4) is 0 Å². The number of carbonyl (C=O) groups excluding carboxylic acids is 1. The first kappa shape index (κ1) is 20.2. The van der Waals surface area contributed by atoms with Crippen LogP contribution in [0.5, 0.6) is 0 Å². The fourth-order valence-electron chi connectivity index (χ4n) is 4.10. The number of benzene rings is 2. The van der Waals surface area contributed by atoms with E-state index >= 15 is 0 Å². The average Bonchev–Trinajstić information content (AvgIpc) is 2.79. The van der Waals surface area contributed by atoms with Gasteiger partial charge in [0.15, 0.2) is 0 Å². The molecular weight excluding hydrogens is 372 g/mol. The molecular formula is C25H28N4O. The summed E-state index contributed by atoms with van der Waals surface area (Å²) in [5.74, 6) is 0.592. The summed E-state index contributed by atoms with van der Waals surface area (Å²) < 4.78 is 0. The molecule has 1 fully saturated rings. The molecule has 1 amide bonds. The first-order chi connectivity index (χ1) is 14.7. The molecule has 0 bridgehead atoms. The van der Waals surface area contributed by atoms with Crippen LogP contribution in [0.4, 0.5) is 0 Å². The molecule has 1 aromatic heterocycles. The summed E-state index contributed by atoms with van der Waals surface area (Å²) in [5, 5.41) is 3.04. The zero-order valence-electron chi connectivity index (χ0n) is 17.4. The first-order valence-corrected chi connectivity index (χ1v) is 10.6. The van der Waals surface area contributed by atoms with Gasteiger partial charge in [-0.3, -0.25) is 9.69 Å². The van der Waals surface area contributed by atoms with Crippen LogP contribution in [0, 0.1) is 6.92 Å². The lowest BCUT2D eigenvalue weighted by molar-refractivity contribution is 0.0939. The summed E-state index contributed by atoms with van der Waals surface area (Å²) in [6.45, 7) is 4.25. The van der Waals surface area contributed by atoms with Crippen molar-refractivity contribution in [1.82, 2.24) is 20.2 Å². The third-order valence-electron chi connectivity index (χ3n) is 5.64. The number of likely N-dealkylation sites (tertiary alicyclic amines) is 1. The van der Waals surface area contributed by atoms with Gasteiger partial charge in [0.1, 0.15) is 5.82 Å². The number of rotatable bonds is 6. The normalized spacial score (nSPS) is 16.9. The van der Waals surface area contributed by atoms with E-state index in [2.05, 4.69) is 39.5 Å². The number of carbonyl (C=O) groups is 1. The molecule has 0 radical (unpaired) electrons. The Bertz CT molecular complexity index is 975. The number of amides is 1. The van der Waals surface area contributed by atoms with Crippen molar-refractivity contribution in [2.45, 2.75) is 45.3 Å². The van der Waals surface area contributed by atoms with E-state index in [1.54, 1.807) is 6.20 Å². The molecule has 0 spiro atoms. The first-order valence-electron chi connectivity index (χ1n) is 10.6. The number of aryl methyl sites for hydroxylation is 1. The highest BCUT2D eigenvalue weighted by Crippen LogP contribution is 2.33. The number of nitrogens with zero attached hydrogens (tertiary/aromatic N) is 3. The fraction of sp³-hybridized carbons (Fsp3) is 0.320. The van der Waals surface area contributed by atoms with Gasteiger partial charge in [0.2, 0.25) is 0 Å². The van der Waals surface area contributed by atoms with Crippen LogP contribution < -0.4 is 5.32 Å². The van der Waals surface area contributed by atoms with Crippen molar-refractivity contribution < 1.29 is 4.79 Å². The number of hydrogen-bond donors (Lipinski definition) is 1. The molecule has 5 nitrogen and oxygen atoms in total. The maximum absolute atomic E-state index is 13.0. The predicted molar refractivity (Wildman–Crippen MR) is 118 cm³/mol. The molecule has 3 aromatic rings. The summed E-state index contributed by atoms with van der Waals surface area (Å²) in [7, 11) is 0. The molecule has 5 heteroatoms. The van der Waals surface area contributed by atoms with E-state index in [1.807, 2.05) is 43.3 Å². The lowest BCUT2D eigenvalue weighted by atomic mass is 9.95. The Hall–Kier alpha value is -3.05. The number of aromatic nitrogens is 2. The minimum absolute atomic E-state index is 0.112. The van der Waals surface area contributed by atoms with Crippen LogP contribution in [0.15, 0.2) is 66.9 Å². The molecule has 2 heterocycles. The van der Waals surface area contributed by atoms with E-state index in [0.717, 1.165) is 37.2 Å². The van der Waals surface area contributed by atoms with Crippen LogP contribution >= 0.6 is 0 Å². The molecule has 4 rings (SSSR count). The monoisotopic (exact) mass is 400 g/mol. The Balaban J connectivity index is 1.57. The van der Waals surface area contributed by atoms with Gasteiger partial charge in [-0.05, 0) is 37.4 Å². The summed E-state index contributed by atoms with van der Waals surface area (Å²) >= 11 is 0. The standard InChI is InChI=1S/C25H28N4O/c1-19-26-17-22(25(30)27-16-20-10-4-2-5-11-20)24(28-19)23-14-8-9-15-29(23)18-21-12-6-3-7-13-21/h2-7,10-13,17,23H,8-9,14-16,18H2,1H3,(H,27,30)/t23-/m0/s1. The van der Waals surface area contributed by atoms with Gasteiger partial charge in [0.05, 0.1) is 17.3 Å². The maximum Gasteiger partial charge on any atom is 0.255 e. The van der Waals surface area contributed by atoms with Gasteiger partial charge in [-0.25, -0.2) is 9.97 Å². The Morgan fingerprint density at radius 1 is 1.03 bits per heavy atom. The summed E-state index contributed by atoms with van der Waals surface area (Å²) in [6.07, 6.45) is 5.00.